The third kappa shape index (κ3) is 2.55. The largest absolute Gasteiger partial charge is 0.480 e. The number of carboxylic acids is 1. The molecule has 0 saturated heterocycles. The number of carboxylic acid groups (broad SMARTS) is 1. The molecule has 2 N–H and O–H groups in total. The van der Waals surface area contributed by atoms with E-state index in [1.54, 1.807) is 0 Å². The third-order valence-electron chi connectivity index (χ3n) is 2.20. The van der Waals surface area contributed by atoms with E-state index in [4.69, 9.17) is 0 Å². The van der Waals surface area contributed by atoms with Crippen molar-refractivity contribution in [3.05, 3.63) is 35.9 Å². The first-order valence-electron chi connectivity index (χ1n) is 5.00. The maximum absolute atomic E-state index is 11.2. The Morgan fingerprint density at radius 3 is 2.75 bits per heavy atom. The van der Waals surface area contributed by atoms with Crippen molar-refractivity contribution < 1.29 is 9.90 Å². The molecule has 1 aliphatic rings. The zero-order chi connectivity index (χ0) is 11.4. The van der Waals surface area contributed by atoms with E-state index in [1.165, 1.54) is 11.8 Å². The molecule has 0 fully saturated rings. The van der Waals surface area contributed by atoms with Crippen LogP contribution in [0.2, 0.25) is 0 Å². The van der Waals surface area contributed by atoms with E-state index < -0.39 is 11.2 Å². The number of hydrogen-bond acceptors (Lipinski definition) is 4. The highest BCUT2D eigenvalue weighted by atomic mass is 32.2. The van der Waals surface area contributed by atoms with Crippen molar-refractivity contribution in [2.45, 2.75) is 5.25 Å². The van der Waals surface area contributed by atoms with Crippen LogP contribution in [0.4, 0.5) is 0 Å². The molecule has 0 amide bonds. The van der Waals surface area contributed by atoms with Gasteiger partial charge in [-0.25, -0.2) is 0 Å². The number of rotatable bonds is 3. The van der Waals surface area contributed by atoms with Crippen molar-refractivity contribution in [3.63, 3.8) is 0 Å². The van der Waals surface area contributed by atoms with Gasteiger partial charge < -0.3 is 10.4 Å². The van der Waals surface area contributed by atoms with Gasteiger partial charge in [-0.15, -0.1) is 0 Å². The first-order valence-corrected chi connectivity index (χ1v) is 5.88. The Hall–Kier alpha value is -1.49. The van der Waals surface area contributed by atoms with Crippen LogP contribution >= 0.6 is 11.8 Å². The zero-order valence-corrected chi connectivity index (χ0v) is 9.41. The number of nitrogens with zero attached hydrogens (tertiary/aromatic N) is 1. The summed E-state index contributed by atoms with van der Waals surface area (Å²) < 4.78 is 0. The number of hydrogen-bond donors (Lipinski definition) is 2. The van der Waals surface area contributed by atoms with Crippen LogP contribution in [0.15, 0.2) is 35.3 Å². The van der Waals surface area contributed by atoms with Gasteiger partial charge in [0.2, 0.25) is 0 Å². The van der Waals surface area contributed by atoms with Crippen molar-refractivity contribution in [2.75, 3.05) is 13.1 Å². The lowest BCUT2D eigenvalue weighted by atomic mass is 10.1. The number of aliphatic imine (C=N–C) groups is 1. The maximum Gasteiger partial charge on any atom is 0.321 e. The second-order valence-electron chi connectivity index (χ2n) is 3.36. The monoisotopic (exact) mass is 236 g/mol. The number of thioether (sulfide) groups is 1. The van der Waals surface area contributed by atoms with Crippen LogP contribution in [0.5, 0.6) is 0 Å². The zero-order valence-electron chi connectivity index (χ0n) is 8.59. The Morgan fingerprint density at radius 1 is 1.44 bits per heavy atom. The number of benzene rings is 1. The highest BCUT2D eigenvalue weighted by molar-refractivity contribution is 8.14. The quantitative estimate of drug-likeness (QED) is 0.835. The van der Waals surface area contributed by atoms with Crippen LogP contribution in [-0.4, -0.2) is 29.3 Å². The Bertz CT molecular complexity index is 406. The molecule has 0 unspecified atom stereocenters. The van der Waals surface area contributed by atoms with Crippen LogP contribution in [0.1, 0.15) is 10.8 Å². The summed E-state index contributed by atoms with van der Waals surface area (Å²) in [5, 5.41) is 12.4. The smallest absolute Gasteiger partial charge is 0.321 e. The SMILES string of the molecule is O=C(O)[C@@H](SC1=NCCN1)c1ccccc1. The van der Waals surface area contributed by atoms with Gasteiger partial charge in [0.25, 0.3) is 0 Å². The molecule has 4 nitrogen and oxygen atoms in total. The summed E-state index contributed by atoms with van der Waals surface area (Å²) >= 11 is 1.25. The van der Waals surface area contributed by atoms with Gasteiger partial charge in [0.15, 0.2) is 5.17 Å². The minimum Gasteiger partial charge on any atom is -0.480 e. The number of nitrogens with one attached hydrogen (secondary N) is 1. The first-order chi connectivity index (χ1) is 7.77. The van der Waals surface area contributed by atoms with Crippen molar-refractivity contribution in [1.82, 2.24) is 5.32 Å². The minimum atomic E-state index is -0.840. The Balaban J connectivity index is 2.14. The van der Waals surface area contributed by atoms with Crippen LogP contribution in [0.3, 0.4) is 0 Å². The lowest BCUT2D eigenvalue weighted by Gasteiger charge is -2.12. The van der Waals surface area contributed by atoms with Crippen LogP contribution < -0.4 is 5.32 Å². The number of amidine groups is 1. The summed E-state index contributed by atoms with van der Waals surface area (Å²) in [6.07, 6.45) is 0. The summed E-state index contributed by atoms with van der Waals surface area (Å²) in [6.45, 7) is 1.52. The summed E-state index contributed by atoms with van der Waals surface area (Å²) in [6, 6.07) is 9.20. The average Bonchev–Trinajstić information content (AvgIpc) is 2.79. The summed E-state index contributed by atoms with van der Waals surface area (Å²) in [7, 11) is 0. The highest BCUT2D eigenvalue weighted by Gasteiger charge is 2.23. The summed E-state index contributed by atoms with van der Waals surface area (Å²) in [4.78, 5) is 15.4. The Labute approximate surface area is 97.8 Å². The van der Waals surface area contributed by atoms with Gasteiger partial charge in [-0.2, -0.15) is 0 Å². The molecule has 0 radical (unpaired) electrons. The fraction of sp³-hybridized carbons (Fsp3) is 0.273. The fourth-order valence-corrected chi connectivity index (χ4v) is 2.42. The molecule has 1 aromatic rings. The van der Waals surface area contributed by atoms with Crippen LogP contribution in [0.25, 0.3) is 0 Å². The minimum absolute atomic E-state index is 0.592. The molecular formula is C11H12N2O2S. The maximum atomic E-state index is 11.2. The van der Waals surface area contributed by atoms with Gasteiger partial charge in [0.1, 0.15) is 5.25 Å². The molecule has 0 aromatic heterocycles. The predicted molar refractivity (Wildman–Crippen MR) is 64.7 cm³/mol. The van der Waals surface area contributed by atoms with E-state index in [-0.39, 0.29) is 0 Å². The molecule has 16 heavy (non-hydrogen) atoms. The van der Waals surface area contributed by atoms with E-state index in [2.05, 4.69) is 10.3 Å². The average molecular weight is 236 g/mol. The summed E-state index contributed by atoms with van der Waals surface area (Å²) in [5.74, 6) is -0.840. The number of carbonyl (C=O) groups is 1. The lowest BCUT2D eigenvalue weighted by Crippen LogP contribution is -2.19. The Morgan fingerprint density at radius 2 is 2.19 bits per heavy atom. The van der Waals surface area contributed by atoms with Crippen molar-refractivity contribution in [1.29, 1.82) is 0 Å². The summed E-state index contributed by atoms with van der Waals surface area (Å²) in [5.41, 5.74) is 0.788. The van der Waals surface area contributed by atoms with E-state index in [0.717, 1.165) is 23.8 Å². The van der Waals surface area contributed by atoms with Crippen molar-refractivity contribution >= 4 is 22.9 Å². The van der Waals surface area contributed by atoms with Gasteiger partial charge in [0.05, 0.1) is 6.54 Å². The van der Waals surface area contributed by atoms with Crippen LogP contribution in [0, 0.1) is 0 Å². The molecule has 1 atom stereocenters. The molecule has 2 rings (SSSR count). The van der Waals surface area contributed by atoms with Crippen molar-refractivity contribution in [3.8, 4) is 0 Å². The van der Waals surface area contributed by atoms with Crippen molar-refractivity contribution in [2.24, 2.45) is 4.99 Å². The van der Waals surface area contributed by atoms with Gasteiger partial charge >= 0.3 is 5.97 Å². The first kappa shape index (κ1) is 11.0. The lowest BCUT2D eigenvalue weighted by molar-refractivity contribution is -0.136. The predicted octanol–water partition coefficient (Wildman–Crippen LogP) is 1.50. The molecule has 1 heterocycles. The van der Waals surface area contributed by atoms with E-state index in [1.807, 2.05) is 30.3 Å². The normalized spacial score (nSPS) is 16.4. The molecule has 0 saturated carbocycles. The van der Waals surface area contributed by atoms with Gasteiger partial charge in [-0.05, 0) is 5.56 Å². The van der Waals surface area contributed by atoms with E-state index >= 15 is 0 Å². The van der Waals surface area contributed by atoms with E-state index in [9.17, 15) is 9.90 Å². The second kappa shape index (κ2) is 5.03. The molecule has 84 valence electrons. The highest BCUT2D eigenvalue weighted by Crippen LogP contribution is 2.29. The van der Waals surface area contributed by atoms with Crippen LogP contribution in [-0.2, 0) is 4.79 Å². The van der Waals surface area contributed by atoms with Gasteiger partial charge in [0, 0.05) is 6.54 Å². The van der Waals surface area contributed by atoms with Gasteiger partial charge in [-0.1, -0.05) is 42.1 Å². The second-order valence-corrected chi connectivity index (χ2v) is 4.45. The van der Waals surface area contributed by atoms with Gasteiger partial charge in [-0.3, -0.25) is 9.79 Å². The topological polar surface area (TPSA) is 61.7 Å². The molecule has 0 bridgehead atoms. The molecule has 1 aromatic carbocycles. The third-order valence-corrected chi connectivity index (χ3v) is 3.41. The Kier molecular flexibility index (Phi) is 3.46. The molecular weight excluding hydrogens is 224 g/mol. The number of aliphatic carboxylic acids is 1. The fourth-order valence-electron chi connectivity index (χ4n) is 1.46. The molecule has 0 aliphatic carbocycles. The standard InChI is InChI=1S/C11H12N2O2S/c14-10(15)9(8-4-2-1-3-5-8)16-11-12-6-7-13-11/h1-5,9H,6-7H2,(H,12,13)(H,14,15)/t9-/m0/s1. The molecule has 0 spiro atoms. The van der Waals surface area contributed by atoms with E-state index in [0.29, 0.717) is 0 Å². The molecule has 1 aliphatic heterocycles. The molecule has 5 heteroatoms.